The Hall–Kier alpha value is -3.03. The predicted octanol–water partition coefficient (Wildman–Crippen LogP) is 5.25. The molecule has 168 valence electrons. The van der Waals surface area contributed by atoms with E-state index >= 15 is 0 Å². The van der Waals surface area contributed by atoms with Gasteiger partial charge in [0.05, 0.1) is 22.8 Å². The van der Waals surface area contributed by atoms with Crippen LogP contribution >= 0.6 is 11.6 Å². The van der Waals surface area contributed by atoms with E-state index in [9.17, 15) is 13.2 Å². The molecule has 0 aliphatic heterocycles. The second-order valence-corrected chi connectivity index (χ2v) is 9.26. The molecule has 8 heteroatoms. The van der Waals surface area contributed by atoms with Crippen molar-refractivity contribution in [3.05, 3.63) is 88.9 Å². The van der Waals surface area contributed by atoms with Crippen molar-refractivity contribution in [1.82, 2.24) is 5.32 Å². The van der Waals surface area contributed by atoms with Crippen LogP contribution in [0.15, 0.2) is 77.7 Å². The second kappa shape index (κ2) is 11.0. The first-order valence-corrected chi connectivity index (χ1v) is 12.1. The Labute approximate surface area is 193 Å². The predicted molar refractivity (Wildman–Crippen MR) is 127 cm³/mol. The molecule has 0 aromatic heterocycles. The topological polar surface area (TPSA) is 84.5 Å². The normalized spacial score (nSPS) is 11.1. The summed E-state index contributed by atoms with van der Waals surface area (Å²) in [4.78, 5) is 12.8. The highest BCUT2D eigenvalue weighted by molar-refractivity contribution is 7.92. The maximum atomic E-state index is 12.9. The minimum Gasteiger partial charge on any atom is -0.494 e. The van der Waals surface area contributed by atoms with E-state index in [-0.39, 0.29) is 16.1 Å². The van der Waals surface area contributed by atoms with Crippen LogP contribution in [-0.2, 0) is 16.6 Å². The number of hydrogen-bond acceptors (Lipinski definition) is 4. The average molecular weight is 473 g/mol. The van der Waals surface area contributed by atoms with E-state index in [2.05, 4.69) is 17.0 Å². The zero-order valence-electron chi connectivity index (χ0n) is 17.7. The Morgan fingerprint density at radius 2 is 1.72 bits per heavy atom. The molecule has 1 amide bonds. The van der Waals surface area contributed by atoms with Crippen LogP contribution in [0.1, 0.15) is 35.7 Å². The number of rotatable bonds is 10. The van der Waals surface area contributed by atoms with Crippen LogP contribution in [0, 0.1) is 0 Å². The molecule has 32 heavy (non-hydrogen) atoms. The lowest BCUT2D eigenvalue weighted by atomic mass is 10.1. The van der Waals surface area contributed by atoms with Gasteiger partial charge in [0, 0.05) is 11.6 Å². The van der Waals surface area contributed by atoms with Gasteiger partial charge in [-0.05, 0) is 54.4 Å². The molecule has 3 aromatic carbocycles. The summed E-state index contributed by atoms with van der Waals surface area (Å²) >= 11 is 6.06. The lowest BCUT2D eigenvalue weighted by Gasteiger charge is -2.14. The van der Waals surface area contributed by atoms with Crippen molar-refractivity contribution in [3.63, 3.8) is 0 Å². The molecule has 0 saturated carbocycles. The minimum atomic E-state index is -3.92. The standard InChI is InChI=1S/C24H25ClN2O4S/c1-2-3-15-31-20-10-12-21(13-11-20)32(29,30)27-23-14-9-19(25)16-22(23)24(28)26-17-18-7-5-4-6-8-18/h4-14,16,27H,2-3,15,17H2,1H3,(H,26,28). The van der Waals surface area contributed by atoms with Crippen LogP contribution < -0.4 is 14.8 Å². The fourth-order valence-electron chi connectivity index (χ4n) is 2.92. The molecule has 0 fully saturated rings. The van der Waals surface area contributed by atoms with Gasteiger partial charge in [0.25, 0.3) is 15.9 Å². The van der Waals surface area contributed by atoms with E-state index in [4.69, 9.17) is 16.3 Å². The molecule has 0 heterocycles. The molecule has 0 aliphatic carbocycles. The van der Waals surface area contributed by atoms with E-state index in [1.54, 1.807) is 12.1 Å². The minimum absolute atomic E-state index is 0.0611. The Morgan fingerprint density at radius 1 is 1.00 bits per heavy atom. The van der Waals surface area contributed by atoms with Crippen LogP contribution in [0.3, 0.4) is 0 Å². The monoisotopic (exact) mass is 472 g/mol. The number of halogens is 1. The highest BCUT2D eigenvalue weighted by Crippen LogP contribution is 2.25. The third-order valence-electron chi connectivity index (χ3n) is 4.67. The average Bonchev–Trinajstić information content (AvgIpc) is 2.80. The van der Waals surface area contributed by atoms with E-state index in [1.165, 1.54) is 30.3 Å². The molecule has 0 unspecified atom stereocenters. The van der Waals surface area contributed by atoms with Crippen molar-refractivity contribution in [2.75, 3.05) is 11.3 Å². The molecule has 6 nitrogen and oxygen atoms in total. The Bertz CT molecular complexity index is 1150. The lowest BCUT2D eigenvalue weighted by molar-refractivity contribution is 0.0952. The quantitative estimate of drug-likeness (QED) is 0.395. The lowest BCUT2D eigenvalue weighted by Crippen LogP contribution is -2.25. The van der Waals surface area contributed by atoms with Gasteiger partial charge in [-0.3, -0.25) is 9.52 Å². The Balaban J connectivity index is 1.75. The van der Waals surface area contributed by atoms with E-state index in [0.717, 1.165) is 18.4 Å². The van der Waals surface area contributed by atoms with E-state index in [1.807, 2.05) is 30.3 Å². The number of amides is 1. The van der Waals surface area contributed by atoms with Crippen molar-refractivity contribution in [3.8, 4) is 5.75 Å². The van der Waals surface area contributed by atoms with Crippen LogP contribution in [0.25, 0.3) is 0 Å². The summed E-state index contributed by atoms with van der Waals surface area (Å²) in [5.74, 6) is 0.165. The molecule has 3 aromatic rings. The smallest absolute Gasteiger partial charge is 0.261 e. The van der Waals surface area contributed by atoms with Crippen molar-refractivity contribution >= 4 is 33.2 Å². The van der Waals surface area contributed by atoms with Crippen LogP contribution in [-0.4, -0.2) is 20.9 Å². The molecule has 0 atom stereocenters. The van der Waals surface area contributed by atoms with Gasteiger partial charge in [0.1, 0.15) is 5.75 Å². The maximum Gasteiger partial charge on any atom is 0.261 e. The van der Waals surface area contributed by atoms with Gasteiger partial charge in [0.2, 0.25) is 0 Å². The van der Waals surface area contributed by atoms with Crippen molar-refractivity contribution in [2.45, 2.75) is 31.2 Å². The highest BCUT2D eigenvalue weighted by Gasteiger charge is 2.19. The SMILES string of the molecule is CCCCOc1ccc(S(=O)(=O)Nc2ccc(Cl)cc2C(=O)NCc2ccccc2)cc1. The first kappa shape index (κ1) is 23.6. The van der Waals surface area contributed by atoms with Crippen LogP contribution in [0.2, 0.25) is 5.02 Å². The van der Waals surface area contributed by atoms with Crippen molar-refractivity contribution in [1.29, 1.82) is 0 Å². The molecule has 0 saturated heterocycles. The third-order valence-corrected chi connectivity index (χ3v) is 6.28. The molecule has 0 bridgehead atoms. The molecule has 0 aliphatic rings. The maximum absolute atomic E-state index is 12.9. The summed E-state index contributed by atoms with van der Waals surface area (Å²) in [6.07, 6.45) is 1.94. The molecular weight excluding hydrogens is 448 g/mol. The summed E-state index contributed by atoms with van der Waals surface area (Å²) in [7, 11) is -3.92. The van der Waals surface area contributed by atoms with Gasteiger partial charge in [-0.2, -0.15) is 0 Å². The van der Waals surface area contributed by atoms with Gasteiger partial charge in [0.15, 0.2) is 0 Å². The molecular formula is C24H25ClN2O4S. The Kier molecular flexibility index (Phi) is 8.14. The summed E-state index contributed by atoms with van der Waals surface area (Å²) in [5, 5.41) is 3.12. The summed E-state index contributed by atoms with van der Waals surface area (Å²) < 4.78 is 33.9. The third kappa shape index (κ3) is 6.48. The zero-order valence-corrected chi connectivity index (χ0v) is 19.2. The van der Waals surface area contributed by atoms with Gasteiger partial charge < -0.3 is 10.1 Å². The number of benzene rings is 3. The van der Waals surface area contributed by atoms with Gasteiger partial charge in [-0.1, -0.05) is 55.3 Å². The van der Waals surface area contributed by atoms with Gasteiger partial charge >= 0.3 is 0 Å². The van der Waals surface area contributed by atoms with Gasteiger partial charge in [-0.15, -0.1) is 0 Å². The fraction of sp³-hybridized carbons (Fsp3) is 0.208. The fourth-order valence-corrected chi connectivity index (χ4v) is 4.17. The van der Waals surface area contributed by atoms with Crippen LogP contribution in [0.4, 0.5) is 5.69 Å². The summed E-state index contributed by atoms with van der Waals surface area (Å²) in [6.45, 7) is 2.95. The number of ether oxygens (including phenoxy) is 1. The number of carbonyl (C=O) groups is 1. The highest BCUT2D eigenvalue weighted by atomic mass is 35.5. The molecule has 0 spiro atoms. The second-order valence-electron chi connectivity index (χ2n) is 7.14. The molecule has 0 radical (unpaired) electrons. The first-order valence-electron chi connectivity index (χ1n) is 10.3. The number of sulfonamides is 1. The molecule has 2 N–H and O–H groups in total. The Morgan fingerprint density at radius 3 is 2.41 bits per heavy atom. The largest absolute Gasteiger partial charge is 0.494 e. The van der Waals surface area contributed by atoms with E-state index < -0.39 is 15.9 Å². The number of anilines is 1. The summed E-state index contributed by atoms with van der Waals surface area (Å²) in [5.41, 5.74) is 1.20. The number of hydrogen-bond donors (Lipinski definition) is 2. The summed E-state index contributed by atoms with van der Waals surface area (Å²) in [6, 6.07) is 20.0. The van der Waals surface area contributed by atoms with Crippen molar-refractivity contribution < 1.29 is 17.9 Å². The van der Waals surface area contributed by atoms with E-state index in [0.29, 0.717) is 23.9 Å². The number of unbranched alkanes of at least 4 members (excludes halogenated alkanes) is 1. The number of carbonyl (C=O) groups excluding carboxylic acids is 1. The first-order chi connectivity index (χ1) is 15.4. The molecule has 3 rings (SSSR count). The van der Waals surface area contributed by atoms with Crippen molar-refractivity contribution in [2.24, 2.45) is 0 Å². The van der Waals surface area contributed by atoms with Gasteiger partial charge in [-0.25, -0.2) is 8.42 Å². The zero-order chi connectivity index (χ0) is 23.0. The van der Waals surface area contributed by atoms with Crippen LogP contribution in [0.5, 0.6) is 5.75 Å². The number of nitrogens with one attached hydrogen (secondary N) is 2.